The third kappa shape index (κ3) is 3.34. The summed E-state index contributed by atoms with van der Waals surface area (Å²) >= 11 is 0. The van der Waals surface area contributed by atoms with Gasteiger partial charge in [-0.2, -0.15) is 0 Å². The Bertz CT molecular complexity index is 401. The van der Waals surface area contributed by atoms with Crippen LogP contribution in [0.25, 0.3) is 0 Å². The predicted molar refractivity (Wildman–Crippen MR) is 70.7 cm³/mol. The van der Waals surface area contributed by atoms with E-state index < -0.39 is 5.97 Å². The minimum Gasteiger partial charge on any atom is -0.478 e. The first kappa shape index (κ1) is 13.3. The molecule has 1 aromatic rings. The minimum absolute atomic E-state index is 0.0288. The number of carboxylic acid groups (broad SMARTS) is 1. The van der Waals surface area contributed by atoms with Gasteiger partial charge in [-0.3, -0.25) is 0 Å². The molecule has 1 N–H and O–H groups in total. The van der Waals surface area contributed by atoms with Gasteiger partial charge in [-0.15, -0.1) is 6.58 Å². The number of aromatic carboxylic acids is 1. The largest absolute Gasteiger partial charge is 0.478 e. The van der Waals surface area contributed by atoms with Crippen LogP contribution in [0.1, 0.15) is 31.1 Å². The average molecular weight is 233 g/mol. The van der Waals surface area contributed by atoms with Crippen LogP contribution in [-0.4, -0.2) is 23.2 Å². The Kier molecular flexibility index (Phi) is 3.94. The van der Waals surface area contributed by atoms with Crippen LogP contribution in [0.2, 0.25) is 0 Å². The molecule has 0 saturated heterocycles. The smallest absolute Gasteiger partial charge is 0.335 e. The molecule has 0 amide bonds. The normalized spacial score (nSPS) is 11.0. The molecule has 0 aliphatic heterocycles. The van der Waals surface area contributed by atoms with Crippen molar-refractivity contribution in [2.45, 2.75) is 26.3 Å². The molecular formula is C14H19NO2. The molecule has 0 aliphatic carbocycles. The second kappa shape index (κ2) is 5.04. The third-order valence-corrected chi connectivity index (χ3v) is 2.55. The number of anilines is 1. The zero-order valence-corrected chi connectivity index (χ0v) is 10.6. The summed E-state index contributed by atoms with van der Waals surface area (Å²) < 4.78 is 0. The Hall–Kier alpha value is -1.77. The molecule has 0 heterocycles. The second-order valence-electron chi connectivity index (χ2n) is 4.92. The van der Waals surface area contributed by atoms with E-state index in [1.165, 1.54) is 0 Å². The molecule has 0 saturated carbocycles. The Morgan fingerprint density at radius 2 is 1.88 bits per heavy atom. The number of hydrogen-bond acceptors (Lipinski definition) is 2. The Morgan fingerprint density at radius 3 is 2.24 bits per heavy atom. The quantitative estimate of drug-likeness (QED) is 0.812. The van der Waals surface area contributed by atoms with Crippen molar-refractivity contribution in [1.29, 1.82) is 0 Å². The highest BCUT2D eigenvalue weighted by Gasteiger charge is 2.20. The molecule has 17 heavy (non-hydrogen) atoms. The first-order chi connectivity index (χ1) is 7.86. The molecule has 0 bridgehead atoms. The van der Waals surface area contributed by atoms with Crippen LogP contribution in [-0.2, 0) is 0 Å². The van der Waals surface area contributed by atoms with E-state index in [2.05, 4.69) is 32.3 Å². The fourth-order valence-corrected chi connectivity index (χ4v) is 1.68. The molecule has 0 aliphatic rings. The van der Waals surface area contributed by atoms with Gasteiger partial charge < -0.3 is 10.0 Å². The summed E-state index contributed by atoms with van der Waals surface area (Å²) in [6, 6.07) is 6.91. The fourth-order valence-electron chi connectivity index (χ4n) is 1.68. The van der Waals surface area contributed by atoms with Crippen molar-refractivity contribution in [2.24, 2.45) is 0 Å². The lowest BCUT2D eigenvalue weighted by Crippen LogP contribution is -2.41. The summed E-state index contributed by atoms with van der Waals surface area (Å²) in [4.78, 5) is 12.9. The predicted octanol–water partition coefficient (Wildman–Crippen LogP) is 3.18. The van der Waals surface area contributed by atoms with E-state index in [1.54, 1.807) is 12.1 Å². The lowest BCUT2D eigenvalue weighted by atomic mass is 10.0. The highest BCUT2D eigenvalue weighted by atomic mass is 16.4. The monoisotopic (exact) mass is 233 g/mol. The zero-order valence-electron chi connectivity index (χ0n) is 10.6. The van der Waals surface area contributed by atoms with Gasteiger partial charge in [0.2, 0.25) is 0 Å². The number of hydrogen-bond donors (Lipinski definition) is 1. The van der Waals surface area contributed by atoms with E-state index >= 15 is 0 Å². The van der Waals surface area contributed by atoms with Gasteiger partial charge in [0.1, 0.15) is 0 Å². The van der Waals surface area contributed by atoms with Crippen molar-refractivity contribution >= 4 is 11.7 Å². The van der Waals surface area contributed by atoms with Crippen LogP contribution < -0.4 is 4.90 Å². The van der Waals surface area contributed by atoms with Crippen molar-refractivity contribution in [2.75, 3.05) is 11.4 Å². The molecule has 3 heteroatoms. The highest BCUT2D eigenvalue weighted by molar-refractivity contribution is 5.88. The summed E-state index contributed by atoms with van der Waals surface area (Å²) in [5.74, 6) is -0.900. The van der Waals surface area contributed by atoms with E-state index in [0.717, 1.165) is 12.2 Å². The SMILES string of the molecule is C=CCN(c1ccc(C(=O)O)cc1)C(C)(C)C. The van der Waals surface area contributed by atoms with Gasteiger partial charge in [0.15, 0.2) is 0 Å². The van der Waals surface area contributed by atoms with Gasteiger partial charge in [-0.05, 0) is 45.0 Å². The number of nitrogens with zero attached hydrogens (tertiary/aromatic N) is 1. The second-order valence-corrected chi connectivity index (χ2v) is 4.92. The summed E-state index contributed by atoms with van der Waals surface area (Å²) in [6.45, 7) is 10.8. The number of carboxylic acids is 1. The minimum atomic E-state index is -0.900. The molecule has 0 fully saturated rings. The molecule has 0 spiro atoms. The lowest BCUT2D eigenvalue weighted by molar-refractivity contribution is 0.0697. The van der Waals surface area contributed by atoms with Gasteiger partial charge in [-0.1, -0.05) is 6.08 Å². The van der Waals surface area contributed by atoms with Crippen LogP contribution >= 0.6 is 0 Å². The Labute approximate surface area is 102 Å². The third-order valence-electron chi connectivity index (χ3n) is 2.55. The van der Waals surface area contributed by atoms with Gasteiger partial charge in [0.25, 0.3) is 0 Å². The Balaban J connectivity index is 3.03. The summed E-state index contributed by atoms with van der Waals surface area (Å²) in [7, 11) is 0. The average Bonchev–Trinajstić information content (AvgIpc) is 2.24. The summed E-state index contributed by atoms with van der Waals surface area (Å²) in [6.07, 6.45) is 1.84. The first-order valence-corrected chi connectivity index (χ1v) is 5.58. The van der Waals surface area contributed by atoms with E-state index in [4.69, 9.17) is 5.11 Å². The molecule has 0 aromatic heterocycles. The van der Waals surface area contributed by atoms with E-state index in [0.29, 0.717) is 5.56 Å². The molecule has 0 unspecified atom stereocenters. The van der Waals surface area contributed by atoms with Crippen LogP contribution in [0.3, 0.4) is 0 Å². The van der Waals surface area contributed by atoms with E-state index in [9.17, 15) is 4.79 Å². The highest BCUT2D eigenvalue weighted by Crippen LogP contribution is 2.23. The summed E-state index contributed by atoms with van der Waals surface area (Å²) in [5, 5.41) is 8.85. The van der Waals surface area contributed by atoms with E-state index in [1.807, 2.05) is 18.2 Å². The lowest BCUT2D eigenvalue weighted by Gasteiger charge is -2.37. The zero-order chi connectivity index (χ0) is 13.1. The maximum Gasteiger partial charge on any atom is 0.335 e. The number of carbonyl (C=O) groups is 1. The molecular weight excluding hydrogens is 214 g/mol. The fraction of sp³-hybridized carbons (Fsp3) is 0.357. The molecule has 1 aromatic carbocycles. The maximum atomic E-state index is 10.8. The van der Waals surface area contributed by atoms with Crippen LogP contribution in [0.4, 0.5) is 5.69 Å². The van der Waals surface area contributed by atoms with Crippen molar-refractivity contribution in [3.05, 3.63) is 42.5 Å². The summed E-state index contributed by atoms with van der Waals surface area (Å²) in [5.41, 5.74) is 1.28. The first-order valence-electron chi connectivity index (χ1n) is 5.58. The van der Waals surface area contributed by atoms with Gasteiger partial charge >= 0.3 is 5.97 Å². The van der Waals surface area contributed by atoms with Crippen molar-refractivity contribution in [3.8, 4) is 0 Å². The van der Waals surface area contributed by atoms with Crippen molar-refractivity contribution < 1.29 is 9.90 Å². The van der Waals surface area contributed by atoms with Crippen molar-refractivity contribution in [3.63, 3.8) is 0 Å². The van der Waals surface area contributed by atoms with Gasteiger partial charge in [-0.25, -0.2) is 4.79 Å². The van der Waals surface area contributed by atoms with Crippen LogP contribution in [0.5, 0.6) is 0 Å². The van der Waals surface area contributed by atoms with Crippen molar-refractivity contribution in [1.82, 2.24) is 0 Å². The van der Waals surface area contributed by atoms with Crippen LogP contribution in [0.15, 0.2) is 36.9 Å². The standard InChI is InChI=1S/C14H19NO2/c1-5-10-15(14(2,3)4)12-8-6-11(7-9-12)13(16)17/h5-9H,1,10H2,2-4H3,(H,16,17). The number of rotatable bonds is 4. The molecule has 92 valence electrons. The van der Waals surface area contributed by atoms with E-state index in [-0.39, 0.29) is 5.54 Å². The molecule has 3 nitrogen and oxygen atoms in total. The van der Waals surface area contributed by atoms with Gasteiger partial charge in [0.05, 0.1) is 5.56 Å². The number of benzene rings is 1. The molecule has 1 rings (SSSR count). The van der Waals surface area contributed by atoms with Gasteiger partial charge in [0, 0.05) is 17.8 Å². The molecule has 0 radical (unpaired) electrons. The topological polar surface area (TPSA) is 40.5 Å². The molecule has 0 atom stereocenters. The Morgan fingerprint density at radius 1 is 1.35 bits per heavy atom. The van der Waals surface area contributed by atoms with Crippen LogP contribution in [0, 0.1) is 0 Å². The maximum absolute atomic E-state index is 10.8.